The van der Waals surface area contributed by atoms with Gasteiger partial charge in [0.1, 0.15) is 0 Å². The summed E-state index contributed by atoms with van der Waals surface area (Å²) in [5.41, 5.74) is 3.58. The molecular formula is C16H18N2. The van der Waals surface area contributed by atoms with Crippen molar-refractivity contribution in [1.29, 1.82) is 0 Å². The van der Waals surface area contributed by atoms with Gasteiger partial charge in [-0.25, -0.2) is 0 Å². The predicted octanol–water partition coefficient (Wildman–Crippen LogP) is 3.52. The highest BCUT2D eigenvalue weighted by atomic mass is 15.1. The molecule has 0 N–H and O–H groups in total. The van der Waals surface area contributed by atoms with Crippen LogP contribution in [0, 0.1) is 0 Å². The van der Waals surface area contributed by atoms with Crippen molar-refractivity contribution in [3.05, 3.63) is 54.2 Å². The van der Waals surface area contributed by atoms with Gasteiger partial charge < -0.3 is 0 Å². The second-order valence-electron chi connectivity index (χ2n) is 4.98. The molecule has 1 aromatic carbocycles. The molecule has 2 heteroatoms. The first kappa shape index (κ1) is 11.4. The van der Waals surface area contributed by atoms with E-state index >= 15 is 0 Å². The van der Waals surface area contributed by atoms with Crippen molar-refractivity contribution >= 4 is 0 Å². The third-order valence-electron chi connectivity index (χ3n) is 3.76. The maximum absolute atomic E-state index is 4.60. The van der Waals surface area contributed by atoms with Crippen molar-refractivity contribution in [3.8, 4) is 11.3 Å². The molecule has 2 nitrogen and oxygen atoms in total. The Bertz CT molecular complexity index is 504. The van der Waals surface area contributed by atoms with Crippen molar-refractivity contribution < 1.29 is 0 Å². The fraction of sp³-hybridized carbons (Fsp3) is 0.312. The minimum absolute atomic E-state index is 0.558. The largest absolute Gasteiger partial charge is 0.299 e. The Labute approximate surface area is 108 Å². The van der Waals surface area contributed by atoms with E-state index in [1.54, 1.807) is 0 Å². The van der Waals surface area contributed by atoms with Crippen LogP contribution in [0.2, 0.25) is 0 Å². The molecule has 1 atom stereocenters. The summed E-state index contributed by atoms with van der Waals surface area (Å²) in [5.74, 6) is 0. The summed E-state index contributed by atoms with van der Waals surface area (Å²) in [4.78, 5) is 7.02. The molecule has 0 spiro atoms. The van der Waals surface area contributed by atoms with E-state index in [0.717, 1.165) is 5.69 Å². The van der Waals surface area contributed by atoms with Gasteiger partial charge in [-0.2, -0.15) is 0 Å². The highest BCUT2D eigenvalue weighted by molar-refractivity contribution is 5.58. The van der Waals surface area contributed by atoms with Gasteiger partial charge >= 0.3 is 0 Å². The molecule has 2 aromatic rings. The van der Waals surface area contributed by atoms with Gasteiger partial charge in [-0.1, -0.05) is 36.4 Å². The molecule has 0 amide bonds. The molecule has 1 aliphatic heterocycles. The van der Waals surface area contributed by atoms with E-state index in [4.69, 9.17) is 0 Å². The lowest BCUT2D eigenvalue weighted by Gasteiger charge is -2.19. The molecule has 18 heavy (non-hydrogen) atoms. The van der Waals surface area contributed by atoms with Gasteiger partial charge in [-0.05, 0) is 38.1 Å². The van der Waals surface area contributed by atoms with Crippen LogP contribution in [0.5, 0.6) is 0 Å². The van der Waals surface area contributed by atoms with Crippen LogP contribution in [-0.2, 0) is 0 Å². The van der Waals surface area contributed by atoms with Gasteiger partial charge in [0, 0.05) is 17.8 Å². The predicted molar refractivity (Wildman–Crippen MR) is 74.3 cm³/mol. The Morgan fingerprint density at radius 1 is 1.11 bits per heavy atom. The monoisotopic (exact) mass is 238 g/mol. The molecular weight excluding hydrogens is 220 g/mol. The van der Waals surface area contributed by atoms with Crippen LogP contribution in [0.15, 0.2) is 48.7 Å². The Balaban J connectivity index is 1.85. The molecule has 1 saturated heterocycles. The van der Waals surface area contributed by atoms with E-state index in [-0.39, 0.29) is 0 Å². The number of benzene rings is 1. The van der Waals surface area contributed by atoms with E-state index in [1.165, 1.54) is 30.5 Å². The Morgan fingerprint density at radius 3 is 2.56 bits per heavy atom. The molecule has 1 fully saturated rings. The van der Waals surface area contributed by atoms with E-state index in [0.29, 0.717) is 6.04 Å². The van der Waals surface area contributed by atoms with Crippen LogP contribution in [0.4, 0.5) is 0 Å². The zero-order chi connectivity index (χ0) is 12.4. The van der Waals surface area contributed by atoms with Gasteiger partial charge in [-0.15, -0.1) is 0 Å². The van der Waals surface area contributed by atoms with Crippen LogP contribution in [-0.4, -0.2) is 23.5 Å². The van der Waals surface area contributed by atoms with Crippen LogP contribution in [0.3, 0.4) is 0 Å². The average molecular weight is 238 g/mol. The minimum Gasteiger partial charge on any atom is -0.299 e. The maximum Gasteiger partial charge on any atom is 0.0702 e. The van der Waals surface area contributed by atoms with E-state index in [9.17, 15) is 0 Å². The first-order valence-electron chi connectivity index (χ1n) is 6.56. The molecule has 3 rings (SSSR count). The van der Waals surface area contributed by atoms with Crippen molar-refractivity contribution in [2.45, 2.75) is 18.9 Å². The summed E-state index contributed by atoms with van der Waals surface area (Å²) in [6.07, 6.45) is 4.58. The summed E-state index contributed by atoms with van der Waals surface area (Å²) < 4.78 is 0. The number of nitrogens with zero attached hydrogens (tertiary/aromatic N) is 2. The average Bonchev–Trinajstić information content (AvgIpc) is 2.86. The normalized spacial score (nSPS) is 20.2. The second kappa shape index (κ2) is 4.91. The summed E-state index contributed by atoms with van der Waals surface area (Å²) >= 11 is 0. The molecule has 0 bridgehead atoms. The molecule has 1 aliphatic rings. The smallest absolute Gasteiger partial charge is 0.0702 e. The number of aromatic nitrogens is 1. The van der Waals surface area contributed by atoms with Crippen LogP contribution in [0.1, 0.15) is 24.4 Å². The topological polar surface area (TPSA) is 16.1 Å². The molecule has 2 heterocycles. The first-order valence-corrected chi connectivity index (χ1v) is 6.56. The fourth-order valence-corrected chi connectivity index (χ4v) is 2.71. The highest BCUT2D eigenvalue weighted by Crippen LogP contribution is 2.30. The molecule has 0 saturated carbocycles. The summed E-state index contributed by atoms with van der Waals surface area (Å²) in [6, 6.07) is 15.3. The first-order chi connectivity index (χ1) is 8.84. The SMILES string of the molecule is CN1CCCC1c1ccc(-c2ccccc2)nc1. The second-order valence-corrected chi connectivity index (χ2v) is 4.98. The number of hydrogen-bond acceptors (Lipinski definition) is 2. The number of rotatable bonds is 2. The van der Waals surface area contributed by atoms with Crippen molar-refractivity contribution in [2.75, 3.05) is 13.6 Å². The quantitative estimate of drug-likeness (QED) is 0.796. The van der Waals surface area contributed by atoms with Crippen molar-refractivity contribution in [1.82, 2.24) is 9.88 Å². The summed E-state index contributed by atoms with van der Waals surface area (Å²) in [6.45, 7) is 1.20. The lowest BCUT2D eigenvalue weighted by Crippen LogP contribution is -2.17. The van der Waals surface area contributed by atoms with Crippen LogP contribution >= 0.6 is 0 Å². The Morgan fingerprint density at radius 2 is 1.94 bits per heavy atom. The summed E-state index contributed by atoms with van der Waals surface area (Å²) in [5, 5.41) is 0. The molecule has 1 unspecified atom stereocenters. The Kier molecular flexibility index (Phi) is 3.11. The maximum atomic E-state index is 4.60. The van der Waals surface area contributed by atoms with Gasteiger partial charge in [-0.3, -0.25) is 9.88 Å². The third-order valence-corrected chi connectivity index (χ3v) is 3.76. The van der Waals surface area contributed by atoms with Crippen LogP contribution < -0.4 is 0 Å². The lowest BCUT2D eigenvalue weighted by molar-refractivity contribution is 0.317. The van der Waals surface area contributed by atoms with Gasteiger partial charge in [0.15, 0.2) is 0 Å². The minimum atomic E-state index is 0.558. The van der Waals surface area contributed by atoms with E-state index < -0.39 is 0 Å². The standard InChI is InChI=1S/C16H18N2/c1-18-11-5-8-16(18)14-9-10-15(17-12-14)13-6-3-2-4-7-13/h2-4,6-7,9-10,12,16H,5,8,11H2,1H3. The number of hydrogen-bond donors (Lipinski definition) is 0. The fourth-order valence-electron chi connectivity index (χ4n) is 2.71. The van der Waals surface area contributed by atoms with Gasteiger partial charge in [0.25, 0.3) is 0 Å². The van der Waals surface area contributed by atoms with E-state index in [2.05, 4.69) is 53.3 Å². The Hall–Kier alpha value is -1.67. The van der Waals surface area contributed by atoms with Gasteiger partial charge in [0.2, 0.25) is 0 Å². The zero-order valence-corrected chi connectivity index (χ0v) is 10.7. The van der Waals surface area contributed by atoms with Crippen molar-refractivity contribution in [2.24, 2.45) is 0 Å². The lowest BCUT2D eigenvalue weighted by atomic mass is 10.1. The summed E-state index contributed by atoms with van der Waals surface area (Å²) in [7, 11) is 2.20. The van der Waals surface area contributed by atoms with E-state index in [1.807, 2.05) is 12.3 Å². The van der Waals surface area contributed by atoms with Crippen LogP contribution in [0.25, 0.3) is 11.3 Å². The third kappa shape index (κ3) is 2.16. The highest BCUT2D eigenvalue weighted by Gasteiger charge is 2.22. The molecule has 0 radical (unpaired) electrons. The molecule has 1 aromatic heterocycles. The van der Waals surface area contributed by atoms with Gasteiger partial charge in [0.05, 0.1) is 5.69 Å². The zero-order valence-electron chi connectivity index (χ0n) is 10.7. The van der Waals surface area contributed by atoms with Crippen molar-refractivity contribution in [3.63, 3.8) is 0 Å². The molecule has 0 aliphatic carbocycles. The molecule has 92 valence electrons. The number of likely N-dealkylation sites (tertiary alicyclic amines) is 1. The number of pyridine rings is 1.